The Morgan fingerprint density at radius 2 is 1.47 bits per heavy atom. The molecule has 12 heteroatoms. The molecule has 0 saturated heterocycles. The van der Waals surface area contributed by atoms with E-state index in [9.17, 15) is 22.4 Å². The van der Waals surface area contributed by atoms with E-state index in [0.717, 1.165) is 22.0 Å². The van der Waals surface area contributed by atoms with E-state index in [4.69, 9.17) is 9.47 Å². The van der Waals surface area contributed by atoms with E-state index in [1.807, 2.05) is 6.07 Å². The number of carbonyl (C=O) groups is 2. The van der Waals surface area contributed by atoms with Gasteiger partial charge in [-0.2, -0.15) is 0 Å². The number of methoxy groups -OCH3 is 2. The van der Waals surface area contributed by atoms with Gasteiger partial charge in [-0.1, -0.05) is 48.5 Å². The van der Waals surface area contributed by atoms with Gasteiger partial charge in [0.25, 0.3) is 10.0 Å². The Balaban J connectivity index is 1.83. The molecule has 9 nitrogen and oxygen atoms in total. The Labute approximate surface area is 273 Å². The van der Waals surface area contributed by atoms with E-state index in [-0.39, 0.29) is 46.7 Å². The van der Waals surface area contributed by atoms with Crippen molar-refractivity contribution in [3.63, 3.8) is 0 Å². The van der Waals surface area contributed by atoms with E-state index < -0.39 is 46.1 Å². The fourth-order valence-electron chi connectivity index (χ4n) is 4.99. The summed E-state index contributed by atoms with van der Waals surface area (Å²) in [5.74, 6) is -2.08. The van der Waals surface area contributed by atoms with Gasteiger partial charge in [-0.3, -0.25) is 13.9 Å². The van der Waals surface area contributed by atoms with Crippen molar-refractivity contribution < 1.29 is 36.3 Å². The predicted molar refractivity (Wildman–Crippen MR) is 175 cm³/mol. The summed E-state index contributed by atoms with van der Waals surface area (Å²) in [7, 11) is -1.75. The summed E-state index contributed by atoms with van der Waals surface area (Å²) in [6.45, 7) is 2.41. The summed E-state index contributed by atoms with van der Waals surface area (Å²) in [6, 6.07) is 22.0. The average Bonchev–Trinajstić information content (AvgIpc) is 3.06. The van der Waals surface area contributed by atoms with Crippen LogP contribution in [0.15, 0.2) is 102 Å². The molecule has 4 aromatic rings. The number of sulfonamides is 1. The summed E-state index contributed by atoms with van der Waals surface area (Å²) in [4.78, 5) is 29.1. The first-order valence-corrected chi connectivity index (χ1v) is 16.3. The molecule has 0 heterocycles. The molecular weight excluding hydrogens is 628 g/mol. The van der Waals surface area contributed by atoms with Crippen molar-refractivity contribution in [2.75, 3.05) is 25.1 Å². The van der Waals surface area contributed by atoms with Gasteiger partial charge in [-0.05, 0) is 61.9 Å². The number of carbonyl (C=O) groups excluding carboxylic acids is 2. The minimum atomic E-state index is -4.50. The van der Waals surface area contributed by atoms with Gasteiger partial charge in [-0.15, -0.1) is 0 Å². The first kappa shape index (κ1) is 34.9. The van der Waals surface area contributed by atoms with Gasteiger partial charge in [-0.25, -0.2) is 17.2 Å². The first-order chi connectivity index (χ1) is 22.4. The van der Waals surface area contributed by atoms with E-state index in [1.165, 1.54) is 67.7 Å². The van der Waals surface area contributed by atoms with Crippen LogP contribution in [0.5, 0.6) is 11.5 Å². The SMILES string of the molecule is COc1ccc(S(=O)(=O)N(CC(=O)N(Cc2ccccc2F)[C@@H](Cc2ccccc2)C(=O)NC(C)C)c2ccc(F)cc2)cc1OC. The topological polar surface area (TPSA) is 105 Å². The maximum atomic E-state index is 15.0. The van der Waals surface area contributed by atoms with Crippen molar-refractivity contribution in [2.24, 2.45) is 0 Å². The molecule has 0 aliphatic rings. The van der Waals surface area contributed by atoms with Gasteiger partial charge < -0.3 is 19.7 Å². The van der Waals surface area contributed by atoms with Gasteiger partial charge >= 0.3 is 0 Å². The molecule has 0 unspecified atom stereocenters. The molecule has 0 spiro atoms. The highest BCUT2D eigenvalue weighted by atomic mass is 32.2. The molecule has 4 aromatic carbocycles. The number of rotatable bonds is 14. The molecule has 0 radical (unpaired) electrons. The average molecular weight is 666 g/mol. The van der Waals surface area contributed by atoms with Crippen LogP contribution in [0.4, 0.5) is 14.5 Å². The van der Waals surface area contributed by atoms with E-state index in [2.05, 4.69) is 5.32 Å². The van der Waals surface area contributed by atoms with Crippen LogP contribution < -0.4 is 19.1 Å². The lowest BCUT2D eigenvalue weighted by Crippen LogP contribution is -2.54. The van der Waals surface area contributed by atoms with Crippen LogP contribution in [0, 0.1) is 11.6 Å². The minimum absolute atomic E-state index is 0.00776. The van der Waals surface area contributed by atoms with Crippen molar-refractivity contribution in [1.82, 2.24) is 10.2 Å². The summed E-state index contributed by atoms with van der Waals surface area (Å²) in [5, 5.41) is 2.84. The van der Waals surface area contributed by atoms with Crippen molar-refractivity contribution in [2.45, 2.75) is 43.8 Å². The highest BCUT2D eigenvalue weighted by Gasteiger charge is 2.35. The van der Waals surface area contributed by atoms with Crippen molar-refractivity contribution in [1.29, 1.82) is 0 Å². The van der Waals surface area contributed by atoms with Crippen LogP contribution in [0.1, 0.15) is 25.0 Å². The van der Waals surface area contributed by atoms with Gasteiger partial charge in [0.1, 0.15) is 24.2 Å². The zero-order valence-corrected chi connectivity index (χ0v) is 27.3. The van der Waals surface area contributed by atoms with Crippen LogP contribution in [-0.4, -0.2) is 58.0 Å². The molecular formula is C35H37F2N3O6S. The summed E-state index contributed by atoms with van der Waals surface area (Å²) >= 11 is 0. The third-order valence-electron chi connectivity index (χ3n) is 7.34. The number of benzene rings is 4. The Hall–Kier alpha value is -4.97. The van der Waals surface area contributed by atoms with Crippen LogP contribution in [0.25, 0.3) is 0 Å². The van der Waals surface area contributed by atoms with Crippen LogP contribution >= 0.6 is 0 Å². The van der Waals surface area contributed by atoms with Gasteiger partial charge in [0.15, 0.2) is 11.5 Å². The standard InChI is InChI=1S/C35H37F2N3O6S/c1-24(2)38-35(42)31(20-25-10-6-5-7-11-25)39(22-26-12-8-9-13-30(26)37)34(41)23-40(28-16-14-27(36)15-17-28)47(43,44)29-18-19-32(45-3)33(21-29)46-4/h5-19,21,24,31H,20,22-23H2,1-4H3,(H,38,42)/t31-/m0/s1. The zero-order chi connectivity index (χ0) is 34.1. The molecule has 0 bridgehead atoms. The maximum Gasteiger partial charge on any atom is 0.264 e. The summed E-state index contributed by atoms with van der Waals surface area (Å²) in [6.07, 6.45) is 0.0680. The lowest BCUT2D eigenvalue weighted by atomic mass is 10.0. The Bertz CT molecular complexity index is 1790. The number of amides is 2. The molecule has 2 amide bonds. The highest BCUT2D eigenvalue weighted by molar-refractivity contribution is 7.92. The normalized spacial score (nSPS) is 11.9. The largest absolute Gasteiger partial charge is 0.493 e. The summed E-state index contributed by atoms with van der Waals surface area (Å²) in [5.41, 5.74) is 0.857. The monoisotopic (exact) mass is 665 g/mol. The number of nitrogens with zero attached hydrogens (tertiary/aromatic N) is 2. The van der Waals surface area contributed by atoms with Crippen LogP contribution in [0.2, 0.25) is 0 Å². The second kappa shape index (κ2) is 15.5. The number of nitrogens with one attached hydrogen (secondary N) is 1. The highest BCUT2D eigenvalue weighted by Crippen LogP contribution is 2.32. The number of hydrogen-bond acceptors (Lipinski definition) is 6. The fraction of sp³-hybridized carbons (Fsp3) is 0.257. The Morgan fingerprint density at radius 1 is 0.830 bits per heavy atom. The fourth-order valence-corrected chi connectivity index (χ4v) is 6.42. The minimum Gasteiger partial charge on any atom is -0.493 e. The third-order valence-corrected chi connectivity index (χ3v) is 9.11. The molecule has 248 valence electrons. The van der Waals surface area contributed by atoms with E-state index >= 15 is 4.39 Å². The Kier molecular flexibility index (Phi) is 11.5. The van der Waals surface area contributed by atoms with Crippen molar-refractivity contribution in [3.05, 3.63) is 120 Å². The molecule has 4 rings (SSSR count). The quantitative estimate of drug-likeness (QED) is 0.195. The molecule has 0 saturated carbocycles. The van der Waals surface area contributed by atoms with E-state index in [1.54, 1.807) is 44.2 Å². The molecule has 0 fully saturated rings. The second-order valence-electron chi connectivity index (χ2n) is 11.0. The number of ether oxygens (including phenoxy) is 2. The number of halogens is 2. The molecule has 47 heavy (non-hydrogen) atoms. The number of hydrogen-bond donors (Lipinski definition) is 1. The van der Waals surface area contributed by atoms with Crippen molar-refractivity contribution in [3.8, 4) is 11.5 Å². The molecule has 0 aliphatic carbocycles. The van der Waals surface area contributed by atoms with Crippen LogP contribution in [-0.2, 0) is 32.6 Å². The molecule has 0 aliphatic heterocycles. The van der Waals surface area contributed by atoms with Gasteiger partial charge in [0.05, 0.1) is 24.8 Å². The summed E-state index contributed by atoms with van der Waals surface area (Å²) < 4.78 is 68.8. The Morgan fingerprint density at radius 3 is 2.09 bits per heavy atom. The smallest absolute Gasteiger partial charge is 0.264 e. The second-order valence-corrected chi connectivity index (χ2v) is 12.8. The third kappa shape index (κ3) is 8.64. The number of anilines is 1. The first-order valence-electron chi connectivity index (χ1n) is 14.8. The molecule has 1 atom stereocenters. The van der Waals surface area contributed by atoms with Crippen LogP contribution in [0.3, 0.4) is 0 Å². The van der Waals surface area contributed by atoms with Crippen molar-refractivity contribution >= 4 is 27.5 Å². The maximum absolute atomic E-state index is 15.0. The van der Waals surface area contributed by atoms with Gasteiger partial charge in [0.2, 0.25) is 11.8 Å². The predicted octanol–water partition coefficient (Wildman–Crippen LogP) is 5.34. The zero-order valence-electron chi connectivity index (χ0n) is 26.5. The lowest BCUT2D eigenvalue weighted by molar-refractivity contribution is -0.140. The van der Waals surface area contributed by atoms with Gasteiger partial charge in [0, 0.05) is 30.6 Å². The molecule has 0 aromatic heterocycles. The lowest BCUT2D eigenvalue weighted by Gasteiger charge is -2.34. The van der Waals surface area contributed by atoms with E-state index in [0.29, 0.717) is 0 Å². The molecule has 1 N–H and O–H groups in total.